The second kappa shape index (κ2) is 5.93. The molecule has 0 spiro atoms. The molecule has 1 aromatic rings. The number of carbonyl (C=O) groups is 1. The molecule has 21 heavy (non-hydrogen) atoms. The molecular weight excluding hydrogens is 296 g/mol. The van der Waals surface area contributed by atoms with Crippen LogP contribution in [0.4, 0.5) is 0 Å². The zero-order valence-corrected chi connectivity index (χ0v) is 12.8. The summed E-state index contributed by atoms with van der Waals surface area (Å²) in [5.74, 6) is -0.930. The van der Waals surface area contributed by atoms with Crippen LogP contribution in [-0.2, 0) is 9.84 Å². The Morgan fingerprint density at radius 2 is 1.95 bits per heavy atom. The van der Waals surface area contributed by atoms with Gasteiger partial charge in [-0.05, 0) is 24.8 Å². The van der Waals surface area contributed by atoms with Crippen molar-refractivity contribution < 1.29 is 27.8 Å². The molecule has 0 aliphatic heterocycles. The van der Waals surface area contributed by atoms with E-state index < -0.39 is 15.8 Å². The molecule has 1 N–H and O–H groups in total. The van der Waals surface area contributed by atoms with E-state index in [4.69, 9.17) is 9.47 Å². The summed E-state index contributed by atoms with van der Waals surface area (Å²) in [6, 6.07) is 2.46. The summed E-state index contributed by atoms with van der Waals surface area (Å²) in [6.07, 6.45) is 2.85. The summed E-state index contributed by atoms with van der Waals surface area (Å²) < 4.78 is 34.8. The second-order valence-corrected chi connectivity index (χ2v) is 7.12. The van der Waals surface area contributed by atoms with E-state index in [0.717, 1.165) is 25.3 Å². The Balaban J connectivity index is 2.48. The van der Waals surface area contributed by atoms with Gasteiger partial charge >= 0.3 is 5.97 Å². The first kappa shape index (κ1) is 15.6. The Morgan fingerprint density at radius 3 is 2.38 bits per heavy atom. The molecule has 0 saturated heterocycles. The molecule has 1 fully saturated rings. The minimum Gasteiger partial charge on any atom is -0.493 e. The third-order valence-electron chi connectivity index (χ3n) is 3.72. The van der Waals surface area contributed by atoms with E-state index in [-0.39, 0.29) is 33.6 Å². The second-order valence-electron chi connectivity index (χ2n) is 5.09. The number of aromatic carboxylic acids is 1. The van der Waals surface area contributed by atoms with Gasteiger partial charge in [-0.1, -0.05) is 6.42 Å². The molecule has 0 radical (unpaired) electrons. The quantitative estimate of drug-likeness (QED) is 0.863. The first-order valence-corrected chi connectivity index (χ1v) is 8.26. The zero-order valence-electron chi connectivity index (χ0n) is 12.0. The van der Waals surface area contributed by atoms with Gasteiger partial charge in [-0.25, -0.2) is 13.2 Å². The van der Waals surface area contributed by atoms with Gasteiger partial charge < -0.3 is 14.6 Å². The summed E-state index contributed by atoms with van der Waals surface area (Å²) >= 11 is 0. The van der Waals surface area contributed by atoms with Crippen LogP contribution in [0, 0.1) is 5.92 Å². The molecule has 0 bridgehead atoms. The van der Waals surface area contributed by atoms with Gasteiger partial charge in [0.05, 0.1) is 24.9 Å². The van der Waals surface area contributed by atoms with E-state index >= 15 is 0 Å². The highest BCUT2D eigenvalue weighted by Gasteiger charge is 2.28. The third-order valence-corrected chi connectivity index (χ3v) is 5.59. The molecule has 0 atom stereocenters. The fraction of sp³-hybridized carbons (Fsp3) is 0.500. The molecule has 0 amide bonds. The first-order chi connectivity index (χ1) is 9.89. The van der Waals surface area contributed by atoms with Gasteiger partial charge in [-0.2, -0.15) is 0 Å². The van der Waals surface area contributed by atoms with Gasteiger partial charge in [-0.3, -0.25) is 0 Å². The Hall–Kier alpha value is -1.76. The first-order valence-electron chi connectivity index (χ1n) is 6.61. The molecule has 1 aromatic carbocycles. The summed E-state index contributed by atoms with van der Waals surface area (Å²) in [4.78, 5) is 11.2. The Labute approximate surface area is 123 Å². The molecule has 0 unspecified atom stereocenters. The lowest BCUT2D eigenvalue weighted by Gasteiger charge is -2.25. The predicted molar refractivity (Wildman–Crippen MR) is 75.9 cm³/mol. The number of carboxylic acids is 1. The van der Waals surface area contributed by atoms with Gasteiger partial charge in [0.1, 0.15) is 5.56 Å². The topological polar surface area (TPSA) is 89.9 Å². The van der Waals surface area contributed by atoms with Crippen molar-refractivity contribution in [2.75, 3.05) is 20.0 Å². The van der Waals surface area contributed by atoms with Gasteiger partial charge in [0, 0.05) is 6.07 Å². The minimum atomic E-state index is -3.53. The minimum absolute atomic E-state index is 0.0209. The van der Waals surface area contributed by atoms with Gasteiger partial charge in [0.25, 0.3) is 0 Å². The molecule has 2 rings (SSSR count). The molecule has 116 valence electrons. The van der Waals surface area contributed by atoms with Crippen LogP contribution in [0.2, 0.25) is 0 Å². The summed E-state index contributed by atoms with van der Waals surface area (Å²) in [6.45, 7) is 0. The molecule has 0 heterocycles. The standard InChI is InChI=1S/C14H18O6S/c1-19-12-7-10(6-11(14(15)16)13(12)20-2)21(17,18)8-9-4-3-5-9/h6-7,9H,3-5,8H2,1-2H3,(H,15,16). The Morgan fingerprint density at radius 1 is 1.29 bits per heavy atom. The number of methoxy groups -OCH3 is 2. The molecule has 1 aliphatic rings. The maximum atomic E-state index is 12.4. The van der Waals surface area contributed by atoms with Crippen molar-refractivity contribution >= 4 is 15.8 Å². The van der Waals surface area contributed by atoms with Crippen molar-refractivity contribution in [3.8, 4) is 11.5 Å². The number of rotatable bonds is 6. The molecule has 6 nitrogen and oxygen atoms in total. The van der Waals surface area contributed by atoms with E-state index in [1.54, 1.807) is 0 Å². The van der Waals surface area contributed by atoms with Crippen molar-refractivity contribution in [3.63, 3.8) is 0 Å². The van der Waals surface area contributed by atoms with Crippen LogP contribution >= 0.6 is 0 Å². The van der Waals surface area contributed by atoms with Crippen LogP contribution in [0.3, 0.4) is 0 Å². The third kappa shape index (κ3) is 3.12. The van der Waals surface area contributed by atoms with E-state index in [1.165, 1.54) is 20.3 Å². The van der Waals surface area contributed by atoms with Crippen LogP contribution in [0.1, 0.15) is 29.6 Å². The van der Waals surface area contributed by atoms with Crippen molar-refractivity contribution in [3.05, 3.63) is 17.7 Å². The molecular formula is C14H18O6S. The fourth-order valence-electron chi connectivity index (χ4n) is 2.34. The number of ether oxygens (including phenoxy) is 2. The van der Waals surface area contributed by atoms with Crippen molar-refractivity contribution in [1.82, 2.24) is 0 Å². The predicted octanol–water partition coefficient (Wildman–Crippen LogP) is 1.98. The lowest BCUT2D eigenvalue weighted by atomic mass is 9.87. The number of sulfone groups is 1. The van der Waals surface area contributed by atoms with Crippen molar-refractivity contribution in [2.24, 2.45) is 5.92 Å². The van der Waals surface area contributed by atoms with Crippen LogP contribution < -0.4 is 9.47 Å². The summed E-state index contributed by atoms with van der Waals surface area (Å²) in [5, 5.41) is 9.22. The normalized spacial score (nSPS) is 15.3. The van der Waals surface area contributed by atoms with E-state index in [1.807, 2.05) is 0 Å². The molecule has 0 aromatic heterocycles. The maximum Gasteiger partial charge on any atom is 0.339 e. The number of carboxylic acid groups (broad SMARTS) is 1. The van der Waals surface area contributed by atoms with Crippen LogP contribution in [0.25, 0.3) is 0 Å². The Bertz CT molecular complexity index is 646. The van der Waals surface area contributed by atoms with Crippen LogP contribution in [0.5, 0.6) is 11.5 Å². The molecule has 1 saturated carbocycles. The highest BCUT2D eigenvalue weighted by Crippen LogP contribution is 2.36. The smallest absolute Gasteiger partial charge is 0.339 e. The highest BCUT2D eigenvalue weighted by molar-refractivity contribution is 7.91. The SMILES string of the molecule is COc1cc(S(=O)(=O)CC2CCC2)cc(C(=O)O)c1OC. The van der Waals surface area contributed by atoms with Gasteiger partial charge in [0.15, 0.2) is 21.3 Å². The van der Waals surface area contributed by atoms with Gasteiger partial charge in [0.2, 0.25) is 0 Å². The summed E-state index contributed by atoms with van der Waals surface area (Å²) in [7, 11) is -0.881. The maximum absolute atomic E-state index is 12.4. The largest absolute Gasteiger partial charge is 0.493 e. The van der Waals surface area contributed by atoms with E-state index in [9.17, 15) is 18.3 Å². The lowest BCUT2D eigenvalue weighted by molar-refractivity contribution is 0.0692. The zero-order chi connectivity index (χ0) is 15.6. The lowest BCUT2D eigenvalue weighted by Crippen LogP contribution is -2.22. The highest BCUT2D eigenvalue weighted by atomic mass is 32.2. The van der Waals surface area contributed by atoms with Gasteiger partial charge in [-0.15, -0.1) is 0 Å². The average Bonchev–Trinajstić information content (AvgIpc) is 2.41. The fourth-order valence-corrected chi connectivity index (χ4v) is 4.07. The monoisotopic (exact) mass is 314 g/mol. The Kier molecular flexibility index (Phi) is 4.41. The number of benzene rings is 1. The number of hydrogen-bond acceptors (Lipinski definition) is 5. The van der Waals surface area contributed by atoms with Crippen LogP contribution in [0.15, 0.2) is 17.0 Å². The van der Waals surface area contributed by atoms with Crippen LogP contribution in [-0.4, -0.2) is 39.5 Å². The van der Waals surface area contributed by atoms with Crippen molar-refractivity contribution in [1.29, 1.82) is 0 Å². The molecule has 1 aliphatic carbocycles. The van der Waals surface area contributed by atoms with E-state index in [2.05, 4.69) is 0 Å². The average molecular weight is 314 g/mol. The number of hydrogen-bond donors (Lipinski definition) is 1. The summed E-state index contributed by atoms with van der Waals surface area (Å²) in [5.41, 5.74) is -0.218. The van der Waals surface area contributed by atoms with Crippen molar-refractivity contribution in [2.45, 2.75) is 24.2 Å². The molecule has 7 heteroatoms. The van der Waals surface area contributed by atoms with E-state index in [0.29, 0.717) is 0 Å².